The van der Waals surface area contributed by atoms with Crippen LogP contribution in [0.2, 0.25) is 0 Å². The van der Waals surface area contributed by atoms with Crippen LogP contribution < -0.4 is 33.2 Å². The van der Waals surface area contributed by atoms with Gasteiger partial charge in [0.1, 0.15) is 23.9 Å². The fourth-order valence-electron chi connectivity index (χ4n) is 3.38. The number of amides is 5. The molecule has 15 heteroatoms. The van der Waals surface area contributed by atoms with Crippen LogP contribution in [-0.4, -0.2) is 81.9 Å². The summed E-state index contributed by atoms with van der Waals surface area (Å²) in [7, 11) is 0. The zero-order valence-electron chi connectivity index (χ0n) is 21.6. The molecule has 14 nitrogen and oxygen atoms in total. The number of carbonyl (C=O) groups is 6. The predicted octanol–water partition coefficient (Wildman–Crippen LogP) is -1.91. The Kier molecular flexibility index (Phi) is 14.4. The number of hydrogen-bond acceptors (Lipinski definition) is 9. The summed E-state index contributed by atoms with van der Waals surface area (Å²) < 4.78 is 0. The lowest BCUT2D eigenvalue weighted by molar-refractivity contribution is -0.142. The van der Waals surface area contributed by atoms with Gasteiger partial charge in [0.2, 0.25) is 29.5 Å². The first-order chi connectivity index (χ1) is 18.3. The van der Waals surface area contributed by atoms with Crippen molar-refractivity contribution in [3.8, 4) is 5.75 Å². The monoisotopic (exact) mass is 568 g/mol. The van der Waals surface area contributed by atoms with Crippen LogP contribution in [0.1, 0.15) is 37.7 Å². The fourth-order valence-corrected chi connectivity index (χ4v) is 3.87. The first-order valence-corrected chi connectivity index (χ1v) is 13.5. The maximum absolute atomic E-state index is 13.3. The van der Waals surface area contributed by atoms with Gasteiger partial charge in [0, 0.05) is 19.3 Å². The van der Waals surface area contributed by atoms with Gasteiger partial charge in [-0.05, 0) is 49.0 Å². The van der Waals surface area contributed by atoms with Crippen molar-refractivity contribution in [2.75, 3.05) is 12.0 Å². The molecule has 5 amide bonds. The standard InChI is InChI=1S/C24H36N6O8S/c1-39-11-10-15(25)21(34)30-18(12-13-2-4-14(31)5-3-13)23(36)28-16(6-8-19(26)32)22(35)29-17(24(37)38)7-9-20(27)33/h2-5,15-18,31H,6-12,25H2,1H3,(H2,26,32)(H2,27,33)(H,28,36)(H,29,35)(H,30,34)(H,37,38). The van der Waals surface area contributed by atoms with E-state index in [0.717, 1.165) is 0 Å². The number of primary amides is 2. The van der Waals surface area contributed by atoms with E-state index >= 15 is 0 Å². The zero-order valence-corrected chi connectivity index (χ0v) is 22.4. The lowest BCUT2D eigenvalue weighted by Gasteiger charge is -2.25. The van der Waals surface area contributed by atoms with E-state index in [1.165, 1.54) is 23.9 Å². The second-order valence-electron chi connectivity index (χ2n) is 8.79. The Morgan fingerprint density at radius 3 is 1.79 bits per heavy atom. The summed E-state index contributed by atoms with van der Waals surface area (Å²) in [5.74, 6) is -4.69. The maximum atomic E-state index is 13.3. The highest BCUT2D eigenvalue weighted by atomic mass is 32.2. The molecule has 4 atom stereocenters. The molecular weight excluding hydrogens is 532 g/mol. The molecule has 0 saturated heterocycles. The quantitative estimate of drug-likeness (QED) is 0.0974. The Labute approximate surface area is 229 Å². The maximum Gasteiger partial charge on any atom is 0.326 e. The summed E-state index contributed by atoms with van der Waals surface area (Å²) in [6.07, 6.45) is 0.993. The van der Waals surface area contributed by atoms with Gasteiger partial charge in [0.25, 0.3) is 0 Å². The summed E-state index contributed by atoms with van der Waals surface area (Å²) in [6, 6.07) is 0.894. The lowest BCUT2D eigenvalue weighted by Crippen LogP contribution is -2.57. The van der Waals surface area contributed by atoms with Crippen LogP contribution in [0, 0.1) is 0 Å². The van der Waals surface area contributed by atoms with E-state index in [1.54, 1.807) is 12.1 Å². The number of nitrogens with one attached hydrogen (secondary N) is 3. The number of nitrogens with two attached hydrogens (primary N) is 3. The van der Waals surface area contributed by atoms with Crippen molar-refractivity contribution in [1.82, 2.24) is 16.0 Å². The van der Waals surface area contributed by atoms with Crippen LogP contribution in [0.3, 0.4) is 0 Å². The van der Waals surface area contributed by atoms with Crippen molar-refractivity contribution >= 4 is 47.3 Å². The summed E-state index contributed by atoms with van der Waals surface area (Å²) in [5, 5.41) is 26.2. The Balaban J connectivity index is 3.14. The molecule has 11 N–H and O–H groups in total. The van der Waals surface area contributed by atoms with Gasteiger partial charge in [-0.15, -0.1) is 0 Å². The molecule has 1 aromatic carbocycles. The number of carboxylic acids is 1. The number of aromatic hydroxyl groups is 1. The van der Waals surface area contributed by atoms with Crippen LogP contribution in [0.15, 0.2) is 24.3 Å². The van der Waals surface area contributed by atoms with E-state index < -0.39 is 59.7 Å². The van der Waals surface area contributed by atoms with Gasteiger partial charge in [-0.1, -0.05) is 12.1 Å². The third kappa shape index (κ3) is 13.0. The van der Waals surface area contributed by atoms with E-state index in [1.807, 2.05) is 6.26 Å². The molecule has 0 aromatic heterocycles. The van der Waals surface area contributed by atoms with Crippen molar-refractivity contribution < 1.29 is 39.0 Å². The average Bonchev–Trinajstić information content (AvgIpc) is 2.87. The molecule has 0 fully saturated rings. The number of phenolic OH excluding ortho intramolecular Hbond substituents is 1. The molecule has 0 aliphatic rings. The molecule has 0 aliphatic heterocycles. The van der Waals surface area contributed by atoms with E-state index in [0.29, 0.717) is 17.7 Å². The van der Waals surface area contributed by atoms with Gasteiger partial charge >= 0.3 is 5.97 Å². The van der Waals surface area contributed by atoms with E-state index in [2.05, 4.69) is 16.0 Å². The average molecular weight is 569 g/mol. The minimum absolute atomic E-state index is 0.00428. The predicted molar refractivity (Wildman–Crippen MR) is 143 cm³/mol. The number of aliphatic carboxylic acids is 1. The molecule has 216 valence electrons. The molecule has 0 saturated carbocycles. The largest absolute Gasteiger partial charge is 0.508 e. The minimum Gasteiger partial charge on any atom is -0.508 e. The van der Waals surface area contributed by atoms with E-state index in [-0.39, 0.29) is 37.9 Å². The highest BCUT2D eigenvalue weighted by Crippen LogP contribution is 2.12. The fraction of sp³-hybridized carbons (Fsp3) is 0.500. The van der Waals surface area contributed by atoms with Crippen molar-refractivity contribution in [2.24, 2.45) is 17.2 Å². The third-order valence-electron chi connectivity index (χ3n) is 5.59. The van der Waals surface area contributed by atoms with E-state index in [4.69, 9.17) is 17.2 Å². The number of thioether (sulfide) groups is 1. The lowest BCUT2D eigenvalue weighted by atomic mass is 10.0. The molecule has 1 aromatic rings. The number of phenols is 1. The summed E-state index contributed by atoms with van der Waals surface area (Å²) >= 11 is 1.50. The normalized spacial score (nSPS) is 13.8. The Morgan fingerprint density at radius 2 is 1.28 bits per heavy atom. The Bertz CT molecular complexity index is 1020. The molecule has 0 spiro atoms. The van der Waals surface area contributed by atoms with Gasteiger partial charge < -0.3 is 43.4 Å². The van der Waals surface area contributed by atoms with Crippen LogP contribution >= 0.6 is 11.8 Å². The van der Waals surface area contributed by atoms with Gasteiger partial charge in [0.15, 0.2) is 0 Å². The van der Waals surface area contributed by atoms with Crippen LogP contribution in [-0.2, 0) is 35.2 Å². The number of hydrogen-bond donors (Lipinski definition) is 8. The molecule has 0 heterocycles. The minimum atomic E-state index is -1.49. The number of carboxylic acid groups (broad SMARTS) is 1. The third-order valence-corrected chi connectivity index (χ3v) is 6.23. The van der Waals surface area contributed by atoms with Gasteiger partial charge in [-0.2, -0.15) is 11.8 Å². The summed E-state index contributed by atoms with van der Waals surface area (Å²) in [5.41, 5.74) is 16.8. The molecule has 1 rings (SSSR count). The van der Waals surface area contributed by atoms with Crippen molar-refractivity contribution in [3.05, 3.63) is 29.8 Å². The molecular formula is C24H36N6O8S. The summed E-state index contributed by atoms with van der Waals surface area (Å²) in [6.45, 7) is 0. The Morgan fingerprint density at radius 1 is 0.795 bits per heavy atom. The van der Waals surface area contributed by atoms with Gasteiger partial charge in [-0.3, -0.25) is 24.0 Å². The zero-order chi connectivity index (χ0) is 29.5. The smallest absolute Gasteiger partial charge is 0.326 e. The first kappa shape index (κ1) is 33.2. The highest BCUT2D eigenvalue weighted by molar-refractivity contribution is 7.98. The molecule has 39 heavy (non-hydrogen) atoms. The topological polar surface area (TPSA) is 257 Å². The van der Waals surface area contributed by atoms with E-state index in [9.17, 15) is 39.0 Å². The van der Waals surface area contributed by atoms with Crippen LogP contribution in [0.5, 0.6) is 5.75 Å². The van der Waals surface area contributed by atoms with Crippen LogP contribution in [0.25, 0.3) is 0 Å². The molecule has 0 aliphatic carbocycles. The van der Waals surface area contributed by atoms with Crippen molar-refractivity contribution in [1.29, 1.82) is 0 Å². The van der Waals surface area contributed by atoms with Crippen molar-refractivity contribution in [2.45, 2.75) is 62.7 Å². The Hall–Kier alpha value is -3.85. The molecule has 0 bridgehead atoms. The number of carbonyl (C=O) groups excluding carboxylic acids is 5. The van der Waals surface area contributed by atoms with Crippen molar-refractivity contribution in [3.63, 3.8) is 0 Å². The SMILES string of the molecule is CSCCC(N)C(=O)NC(Cc1ccc(O)cc1)C(=O)NC(CCC(N)=O)C(=O)NC(CCC(N)=O)C(=O)O. The second-order valence-corrected chi connectivity index (χ2v) is 9.78. The number of rotatable bonds is 18. The number of benzene rings is 1. The summed E-state index contributed by atoms with van der Waals surface area (Å²) in [4.78, 5) is 72.9. The van der Waals surface area contributed by atoms with Crippen LogP contribution in [0.4, 0.5) is 0 Å². The molecule has 0 radical (unpaired) electrons. The van der Waals surface area contributed by atoms with Gasteiger partial charge in [-0.25, -0.2) is 4.79 Å². The first-order valence-electron chi connectivity index (χ1n) is 12.1. The molecule has 4 unspecified atom stereocenters. The highest BCUT2D eigenvalue weighted by Gasteiger charge is 2.30. The second kappa shape index (κ2) is 16.9. The van der Waals surface area contributed by atoms with Gasteiger partial charge in [0.05, 0.1) is 6.04 Å².